The number of amides is 3. The molecule has 3 amide bonds. The predicted octanol–water partition coefficient (Wildman–Crippen LogP) is 2.07. The van der Waals surface area contributed by atoms with Crippen molar-refractivity contribution in [1.29, 1.82) is 0 Å². The predicted molar refractivity (Wildman–Crippen MR) is 135 cm³/mol. The maximum absolute atomic E-state index is 13.3. The Hall–Kier alpha value is -4.09. The molecule has 0 bridgehead atoms. The van der Waals surface area contributed by atoms with Crippen molar-refractivity contribution in [2.75, 3.05) is 32.8 Å². The van der Waals surface area contributed by atoms with Gasteiger partial charge >= 0.3 is 12.1 Å². The molecule has 2 heterocycles. The minimum absolute atomic E-state index is 0.0586. The van der Waals surface area contributed by atoms with E-state index >= 15 is 0 Å². The van der Waals surface area contributed by atoms with Gasteiger partial charge in [0.05, 0.1) is 12.3 Å². The van der Waals surface area contributed by atoms with E-state index in [9.17, 15) is 24.3 Å². The number of hydrogen-bond donors (Lipinski definition) is 2. The van der Waals surface area contributed by atoms with Gasteiger partial charge in [0.1, 0.15) is 12.1 Å². The van der Waals surface area contributed by atoms with Crippen LogP contribution in [0.15, 0.2) is 36.4 Å². The molecule has 12 nitrogen and oxygen atoms in total. The van der Waals surface area contributed by atoms with E-state index in [-0.39, 0.29) is 57.4 Å². The van der Waals surface area contributed by atoms with Crippen LogP contribution in [-0.2, 0) is 14.3 Å². The van der Waals surface area contributed by atoms with Gasteiger partial charge in [0.25, 0.3) is 5.91 Å². The molecule has 1 saturated heterocycles. The molecule has 1 aliphatic heterocycles. The van der Waals surface area contributed by atoms with E-state index in [1.54, 1.807) is 11.6 Å². The van der Waals surface area contributed by atoms with Crippen molar-refractivity contribution in [1.82, 2.24) is 24.9 Å². The fourth-order valence-corrected chi connectivity index (χ4v) is 4.27. The van der Waals surface area contributed by atoms with E-state index in [4.69, 9.17) is 9.47 Å². The van der Waals surface area contributed by atoms with Gasteiger partial charge < -0.3 is 29.7 Å². The van der Waals surface area contributed by atoms with E-state index in [1.807, 2.05) is 30.3 Å². The number of carbonyl (C=O) groups excluding carboxylic acids is 3. The summed E-state index contributed by atoms with van der Waals surface area (Å²) >= 11 is 0. The Morgan fingerprint density at radius 1 is 1.08 bits per heavy atom. The van der Waals surface area contributed by atoms with Gasteiger partial charge in [-0.05, 0) is 44.7 Å². The van der Waals surface area contributed by atoms with Crippen LogP contribution in [-0.4, -0.2) is 93.5 Å². The molecule has 0 spiro atoms. The normalized spacial score (nSPS) is 16.3. The monoisotopic (exact) mass is 527 g/mol. The summed E-state index contributed by atoms with van der Waals surface area (Å²) in [6.07, 6.45) is 2.18. The fraction of sp³-hybridized carbons (Fsp3) is 0.500. The highest BCUT2D eigenvalue weighted by Crippen LogP contribution is 2.27. The van der Waals surface area contributed by atoms with Gasteiger partial charge in [-0.25, -0.2) is 9.48 Å². The second-order valence-corrected chi connectivity index (χ2v) is 9.26. The van der Waals surface area contributed by atoms with Crippen LogP contribution in [0.4, 0.5) is 4.79 Å². The number of aromatic nitrogens is 2. The Morgan fingerprint density at radius 3 is 2.37 bits per heavy atom. The Morgan fingerprint density at radius 2 is 1.76 bits per heavy atom. The molecule has 0 radical (unpaired) electrons. The molecule has 1 aromatic heterocycles. The highest BCUT2D eigenvalue weighted by Gasteiger charge is 2.32. The maximum Gasteiger partial charge on any atom is 0.409 e. The fourth-order valence-electron chi connectivity index (χ4n) is 4.27. The number of carbonyl (C=O) groups is 4. The summed E-state index contributed by atoms with van der Waals surface area (Å²) in [5.74, 6) is -1.66. The number of ether oxygens (including phenoxy) is 2. The van der Waals surface area contributed by atoms with Crippen molar-refractivity contribution in [2.24, 2.45) is 0 Å². The number of nitrogens with zero attached hydrogens (tertiary/aromatic N) is 4. The summed E-state index contributed by atoms with van der Waals surface area (Å²) in [6.45, 7) is 3.05. The van der Waals surface area contributed by atoms with Crippen LogP contribution in [0.25, 0.3) is 5.69 Å². The lowest BCUT2D eigenvalue weighted by molar-refractivity contribution is -0.138. The van der Waals surface area contributed by atoms with Gasteiger partial charge in [-0.3, -0.25) is 14.4 Å². The van der Waals surface area contributed by atoms with Crippen molar-refractivity contribution >= 4 is 23.9 Å². The molecule has 1 unspecified atom stereocenters. The molecule has 1 saturated carbocycles. The van der Waals surface area contributed by atoms with Crippen LogP contribution in [0, 0.1) is 0 Å². The van der Waals surface area contributed by atoms with Crippen molar-refractivity contribution in [3.63, 3.8) is 0 Å². The van der Waals surface area contributed by atoms with Crippen LogP contribution < -0.4 is 10.1 Å². The van der Waals surface area contributed by atoms with Crippen molar-refractivity contribution in [3.8, 4) is 11.6 Å². The smallest absolute Gasteiger partial charge is 0.409 e. The molecule has 2 aliphatic rings. The Labute approximate surface area is 220 Å². The third-order valence-corrected chi connectivity index (χ3v) is 6.62. The van der Waals surface area contributed by atoms with E-state index in [2.05, 4.69) is 10.4 Å². The zero-order chi connectivity index (χ0) is 27.1. The molecule has 38 heavy (non-hydrogen) atoms. The lowest BCUT2D eigenvalue weighted by Gasteiger charge is -2.35. The minimum Gasteiger partial charge on any atom is -0.481 e. The number of para-hydroxylation sites is 1. The molecular formula is C26H33N5O7. The van der Waals surface area contributed by atoms with E-state index in [1.165, 1.54) is 15.9 Å². The maximum atomic E-state index is 13.3. The number of nitrogens with one attached hydrogen (secondary N) is 1. The van der Waals surface area contributed by atoms with Crippen LogP contribution >= 0.6 is 0 Å². The molecule has 2 aromatic rings. The average molecular weight is 528 g/mol. The SMILES string of the molecule is CCOC(=O)N1CCN(C(=O)C(CCC(=O)O)NC(=O)c2cc(OC3CCC3)n(-c3ccccc3)n2)CC1. The largest absolute Gasteiger partial charge is 0.481 e. The van der Waals surface area contributed by atoms with E-state index in [0.717, 1.165) is 24.9 Å². The molecule has 4 rings (SSSR count). The third kappa shape index (κ3) is 6.61. The summed E-state index contributed by atoms with van der Waals surface area (Å²) in [6, 6.07) is 9.74. The third-order valence-electron chi connectivity index (χ3n) is 6.62. The van der Waals surface area contributed by atoms with Gasteiger partial charge in [-0.2, -0.15) is 5.10 Å². The van der Waals surface area contributed by atoms with E-state index in [0.29, 0.717) is 5.88 Å². The highest BCUT2D eigenvalue weighted by molar-refractivity contribution is 5.96. The number of rotatable bonds is 10. The van der Waals surface area contributed by atoms with Gasteiger partial charge in [-0.1, -0.05) is 18.2 Å². The molecule has 2 fully saturated rings. The second kappa shape index (κ2) is 12.4. The molecule has 1 aromatic carbocycles. The number of benzene rings is 1. The Balaban J connectivity index is 1.48. The molecule has 1 aliphatic carbocycles. The average Bonchev–Trinajstić information content (AvgIpc) is 3.33. The first-order chi connectivity index (χ1) is 18.4. The first kappa shape index (κ1) is 27.0. The van der Waals surface area contributed by atoms with Crippen molar-refractivity contribution in [3.05, 3.63) is 42.1 Å². The van der Waals surface area contributed by atoms with Gasteiger partial charge in [0, 0.05) is 38.7 Å². The summed E-state index contributed by atoms with van der Waals surface area (Å²) < 4.78 is 12.6. The lowest BCUT2D eigenvalue weighted by atomic mass is 9.96. The van der Waals surface area contributed by atoms with E-state index < -0.39 is 29.9 Å². The highest BCUT2D eigenvalue weighted by atomic mass is 16.6. The summed E-state index contributed by atoms with van der Waals surface area (Å²) in [5.41, 5.74) is 0.780. The summed E-state index contributed by atoms with van der Waals surface area (Å²) in [7, 11) is 0. The first-order valence-corrected chi connectivity index (χ1v) is 12.9. The molecule has 2 N–H and O–H groups in total. The Kier molecular flexibility index (Phi) is 8.82. The number of aliphatic carboxylic acids is 1. The van der Waals surface area contributed by atoms with Gasteiger partial charge in [-0.15, -0.1) is 0 Å². The van der Waals surface area contributed by atoms with Crippen molar-refractivity contribution < 1.29 is 33.8 Å². The Bertz CT molecular complexity index is 1140. The van der Waals surface area contributed by atoms with Gasteiger partial charge in [0.15, 0.2) is 5.69 Å². The second-order valence-electron chi connectivity index (χ2n) is 9.26. The topological polar surface area (TPSA) is 143 Å². The lowest BCUT2D eigenvalue weighted by Crippen LogP contribution is -2.56. The van der Waals surface area contributed by atoms with Crippen LogP contribution in [0.1, 0.15) is 49.5 Å². The van der Waals surface area contributed by atoms with Crippen molar-refractivity contribution in [2.45, 2.75) is 51.2 Å². The number of hydrogen-bond acceptors (Lipinski definition) is 7. The number of carboxylic acids is 1. The quantitative estimate of drug-likeness (QED) is 0.478. The molecular weight excluding hydrogens is 494 g/mol. The molecule has 12 heteroatoms. The molecule has 1 atom stereocenters. The zero-order valence-electron chi connectivity index (χ0n) is 21.4. The van der Waals surface area contributed by atoms with Gasteiger partial charge in [0.2, 0.25) is 11.8 Å². The zero-order valence-corrected chi connectivity index (χ0v) is 21.4. The number of carboxylic acid groups (broad SMARTS) is 1. The summed E-state index contributed by atoms with van der Waals surface area (Å²) in [5, 5.41) is 16.3. The number of piperazine rings is 1. The van der Waals surface area contributed by atoms with Crippen LogP contribution in [0.5, 0.6) is 5.88 Å². The van der Waals surface area contributed by atoms with Crippen LogP contribution in [0.2, 0.25) is 0 Å². The molecule has 204 valence electrons. The minimum atomic E-state index is -1.08. The standard InChI is InChI=1S/C26H33N5O7/c1-2-37-26(36)30-15-13-29(14-16-30)25(35)20(11-12-23(32)33)27-24(34)21-17-22(38-19-9-6-10-19)31(28-21)18-7-4-3-5-8-18/h3-5,7-8,17,19-20H,2,6,9-16H2,1H3,(H,27,34)(H,32,33). The first-order valence-electron chi connectivity index (χ1n) is 12.9. The summed E-state index contributed by atoms with van der Waals surface area (Å²) in [4.78, 5) is 52.8. The van der Waals surface area contributed by atoms with Crippen LogP contribution in [0.3, 0.4) is 0 Å².